The standard InChI is InChI=1S/C11H8N2O2S/c14-11(15)8-1-3-9(4-2-8)16-10-5-6-12-7-13-10/h1-7H,(H,14,15). The highest BCUT2D eigenvalue weighted by Gasteiger charge is 2.02. The summed E-state index contributed by atoms with van der Waals surface area (Å²) in [6.07, 6.45) is 3.15. The quantitative estimate of drug-likeness (QED) is 0.823. The lowest BCUT2D eigenvalue weighted by Gasteiger charge is -2.00. The van der Waals surface area contributed by atoms with Crippen LogP contribution in [0, 0.1) is 0 Å². The van der Waals surface area contributed by atoms with Crippen LogP contribution in [-0.4, -0.2) is 21.0 Å². The molecule has 2 aromatic rings. The molecule has 16 heavy (non-hydrogen) atoms. The van der Waals surface area contributed by atoms with Gasteiger partial charge in [-0.1, -0.05) is 11.8 Å². The first-order valence-corrected chi connectivity index (χ1v) is 5.34. The summed E-state index contributed by atoms with van der Waals surface area (Å²) in [6.45, 7) is 0. The van der Waals surface area contributed by atoms with Crippen LogP contribution in [0.3, 0.4) is 0 Å². The number of nitrogens with zero attached hydrogens (tertiary/aromatic N) is 2. The van der Waals surface area contributed by atoms with Crippen LogP contribution < -0.4 is 0 Å². The molecule has 0 atom stereocenters. The fourth-order valence-corrected chi connectivity index (χ4v) is 1.87. The molecule has 0 saturated heterocycles. The zero-order valence-corrected chi connectivity index (χ0v) is 9.02. The first-order chi connectivity index (χ1) is 7.75. The van der Waals surface area contributed by atoms with Crippen LogP contribution in [0.2, 0.25) is 0 Å². The predicted molar refractivity (Wildman–Crippen MR) is 59.6 cm³/mol. The van der Waals surface area contributed by atoms with Gasteiger partial charge in [0.1, 0.15) is 11.4 Å². The van der Waals surface area contributed by atoms with E-state index in [1.807, 2.05) is 0 Å². The number of rotatable bonds is 3. The number of hydrogen-bond acceptors (Lipinski definition) is 4. The number of aromatic carboxylic acids is 1. The van der Waals surface area contributed by atoms with Gasteiger partial charge in [0.2, 0.25) is 0 Å². The highest BCUT2D eigenvalue weighted by atomic mass is 32.2. The van der Waals surface area contributed by atoms with Gasteiger partial charge >= 0.3 is 5.97 Å². The second kappa shape index (κ2) is 4.76. The first kappa shape index (κ1) is 10.6. The number of hydrogen-bond donors (Lipinski definition) is 1. The van der Waals surface area contributed by atoms with E-state index in [2.05, 4.69) is 9.97 Å². The van der Waals surface area contributed by atoms with Crippen molar-refractivity contribution in [2.24, 2.45) is 0 Å². The van der Waals surface area contributed by atoms with E-state index in [-0.39, 0.29) is 5.56 Å². The molecule has 1 N–H and O–H groups in total. The first-order valence-electron chi connectivity index (χ1n) is 4.53. The SMILES string of the molecule is O=C(O)c1ccc(Sc2ccncn2)cc1. The predicted octanol–water partition coefficient (Wildman–Crippen LogP) is 2.33. The Bertz CT molecular complexity index is 485. The second-order valence-electron chi connectivity index (χ2n) is 2.98. The van der Waals surface area contributed by atoms with Gasteiger partial charge in [0.05, 0.1) is 5.56 Å². The fourth-order valence-electron chi connectivity index (χ4n) is 1.13. The van der Waals surface area contributed by atoms with Crippen molar-refractivity contribution in [3.8, 4) is 0 Å². The summed E-state index contributed by atoms with van der Waals surface area (Å²) in [7, 11) is 0. The van der Waals surface area contributed by atoms with Crippen molar-refractivity contribution < 1.29 is 9.90 Å². The normalized spacial score (nSPS) is 10.0. The fraction of sp³-hybridized carbons (Fsp3) is 0. The van der Waals surface area contributed by atoms with Gasteiger partial charge in [0.25, 0.3) is 0 Å². The molecule has 1 aromatic heterocycles. The van der Waals surface area contributed by atoms with Crippen molar-refractivity contribution in [3.05, 3.63) is 48.4 Å². The third-order valence-corrected chi connectivity index (χ3v) is 2.84. The van der Waals surface area contributed by atoms with Gasteiger partial charge in [-0.25, -0.2) is 14.8 Å². The van der Waals surface area contributed by atoms with E-state index in [4.69, 9.17) is 5.11 Å². The monoisotopic (exact) mass is 232 g/mol. The van der Waals surface area contributed by atoms with E-state index in [1.165, 1.54) is 18.1 Å². The molecule has 0 aliphatic carbocycles. The molecular weight excluding hydrogens is 224 g/mol. The molecule has 2 rings (SSSR count). The van der Waals surface area contributed by atoms with Crippen LogP contribution in [-0.2, 0) is 0 Å². The molecule has 0 fully saturated rings. The minimum atomic E-state index is -0.918. The third kappa shape index (κ3) is 2.58. The van der Waals surface area contributed by atoms with Crippen LogP contribution in [0.1, 0.15) is 10.4 Å². The van der Waals surface area contributed by atoms with Crippen molar-refractivity contribution in [2.75, 3.05) is 0 Å². The van der Waals surface area contributed by atoms with Gasteiger partial charge in [-0.05, 0) is 30.3 Å². The van der Waals surface area contributed by atoms with Crippen LogP contribution in [0.4, 0.5) is 0 Å². The molecule has 1 heterocycles. The Balaban J connectivity index is 2.14. The highest BCUT2D eigenvalue weighted by molar-refractivity contribution is 7.99. The zero-order valence-electron chi connectivity index (χ0n) is 8.20. The molecule has 0 radical (unpaired) electrons. The molecule has 0 bridgehead atoms. The molecule has 5 heteroatoms. The summed E-state index contributed by atoms with van der Waals surface area (Å²) in [5.74, 6) is -0.918. The summed E-state index contributed by atoms with van der Waals surface area (Å²) in [4.78, 5) is 19.5. The highest BCUT2D eigenvalue weighted by Crippen LogP contribution is 2.25. The molecule has 0 unspecified atom stereocenters. The second-order valence-corrected chi connectivity index (χ2v) is 4.07. The largest absolute Gasteiger partial charge is 0.478 e. The number of benzene rings is 1. The molecule has 0 saturated carbocycles. The van der Waals surface area contributed by atoms with Crippen molar-refractivity contribution in [1.82, 2.24) is 9.97 Å². The maximum atomic E-state index is 10.6. The van der Waals surface area contributed by atoms with Gasteiger partial charge in [-0.3, -0.25) is 0 Å². The molecule has 0 spiro atoms. The lowest BCUT2D eigenvalue weighted by atomic mass is 10.2. The van der Waals surface area contributed by atoms with Gasteiger partial charge in [-0.15, -0.1) is 0 Å². The Morgan fingerprint density at radius 2 is 1.94 bits per heavy atom. The van der Waals surface area contributed by atoms with E-state index < -0.39 is 5.97 Å². The number of carbonyl (C=O) groups is 1. The van der Waals surface area contributed by atoms with Gasteiger partial charge < -0.3 is 5.11 Å². The molecular formula is C11H8N2O2S. The van der Waals surface area contributed by atoms with Crippen LogP contribution in [0.5, 0.6) is 0 Å². The Hall–Kier alpha value is -1.88. The number of carboxylic acids is 1. The van der Waals surface area contributed by atoms with Crippen molar-refractivity contribution in [2.45, 2.75) is 9.92 Å². The molecule has 0 aliphatic heterocycles. The minimum absolute atomic E-state index is 0.284. The average Bonchev–Trinajstić information content (AvgIpc) is 2.31. The summed E-state index contributed by atoms with van der Waals surface area (Å²) in [5, 5.41) is 9.57. The number of carboxylic acid groups (broad SMARTS) is 1. The summed E-state index contributed by atoms with van der Waals surface area (Å²) < 4.78 is 0. The van der Waals surface area contributed by atoms with Crippen molar-refractivity contribution >= 4 is 17.7 Å². The van der Waals surface area contributed by atoms with Crippen LogP contribution in [0.15, 0.2) is 52.8 Å². The van der Waals surface area contributed by atoms with E-state index in [9.17, 15) is 4.79 Å². The summed E-state index contributed by atoms with van der Waals surface area (Å²) in [5.41, 5.74) is 0.284. The molecule has 80 valence electrons. The van der Waals surface area contributed by atoms with E-state index in [0.29, 0.717) is 0 Å². The Morgan fingerprint density at radius 1 is 1.19 bits per heavy atom. The summed E-state index contributed by atoms with van der Waals surface area (Å²) >= 11 is 1.46. The maximum absolute atomic E-state index is 10.6. The lowest BCUT2D eigenvalue weighted by molar-refractivity contribution is 0.0697. The van der Waals surface area contributed by atoms with Crippen molar-refractivity contribution in [3.63, 3.8) is 0 Å². The average molecular weight is 232 g/mol. The van der Waals surface area contributed by atoms with Gasteiger partial charge in [-0.2, -0.15) is 0 Å². The molecule has 1 aromatic carbocycles. The van der Waals surface area contributed by atoms with E-state index in [0.717, 1.165) is 9.92 Å². The van der Waals surface area contributed by atoms with E-state index >= 15 is 0 Å². The topological polar surface area (TPSA) is 63.1 Å². The number of aromatic nitrogens is 2. The zero-order chi connectivity index (χ0) is 11.4. The molecule has 0 amide bonds. The van der Waals surface area contributed by atoms with Gasteiger partial charge in [0, 0.05) is 11.1 Å². The Morgan fingerprint density at radius 3 is 2.50 bits per heavy atom. The van der Waals surface area contributed by atoms with Gasteiger partial charge in [0.15, 0.2) is 0 Å². The van der Waals surface area contributed by atoms with Crippen LogP contribution >= 0.6 is 11.8 Å². The molecule has 4 nitrogen and oxygen atoms in total. The lowest BCUT2D eigenvalue weighted by Crippen LogP contribution is -1.94. The third-order valence-electron chi connectivity index (χ3n) is 1.88. The van der Waals surface area contributed by atoms with Crippen LogP contribution in [0.25, 0.3) is 0 Å². The Labute approximate surface area is 96.4 Å². The maximum Gasteiger partial charge on any atom is 0.335 e. The molecule has 0 aliphatic rings. The summed E-state index contributed by atoms with van der Waals surface area (Å²) in [6, 6.07) is 8.47. The Kier molecular flexibility index (Phi) is 3.16. The smallest absolute Gasteiger partial charge is 0.335 e. The van der Waals surface area contributed by atoms with E-state index in [1.54, 1.807) is 36.5 Å². The van der Waals surface area contributed by atoms with Crippen molar-refractivity contribution in [1.29, 1.82) is 0 Å². The minimum Gasteiger partial charge on any atom is -0.478 e.